The van der Waals surface area contributed by atoms with E-state index in [1.807, 2.05) is 31.2 Å². The van der Waals surface area contributed by atoms with E-state index in [0.717, 1.165) is 30.4 Å². The van der Waals surface area contributed by atoms with E-state index in [-0.39, 0.29) is 17.2 Å². The van der Waals surface area contributed by atoms with Gasteiger partial charge in [-0.25, -0.2) is 9.18 Å². The van der Waals surface area contributed by atoms with Crippen LogP contribution in [0.15, 0.2) is 53.5 Å². The minimum Gasteiger partial charge on any atom is -0.374 e. The van der Waals surface area contributed by atoms with Gasteiger partial charge in [-0.1, -0.05) is 23.7 Å². The maximum absolute atomic E-state index is 15.1. The van der Waals surface area contributed by atoms with Gasteiger partial charge in [0.2, 0.25) is 0 Å². The molecule has 4 aromatic rings. The number of nitrogens with two attached hydrogens (primary N) is 1. The number of amidine groups is 2. The van der Waals surface area contributed by atoms with Crippen molar-refractivity contribution in [1.29, 1.82) is 10.8 Å². The Morgan fingerprint density at radius 2 is 1.84 bits per heavy atom. The van der Waals surface area contributed by atoms with Crippen molar-refractivity contribution in [3.05, 3.63) is 81.1 Å². The van der Waals surface area contributed by atoms with Crippen molar-refractivity contribution in [1.82, 2.24) is 25.2 Å². The fourth-order valence-electron chi connectivity index (χ4n) is 4.84. The van der Waals surface area contributed by atoms with Crippen molar-refractivity contribution >= 4 is 34.3 Å². The molecule has 12 heteroatoms. The lowest BCUT2D eigenvalue weighted by Gasteiger charge is -2.19. The van der Waals surface area contributed by atoms with Crippen LogP contribution in [0.25, 0.3) is 28.0 Å². The standard InChI is InChI=1S/C32H40ClFN8O2/c1-19(35)5-4-6-23-13-27(30(34)28(33)14-23)29-15-24-17-42(32(43)41-31(24)40-29)25-9-7-22(8-10-25)18-44-26(16-39-21(3)37)11-12-38-20(2)36/h7-10,13-15,17,19,26H,4-6,11-12,16,18,35H2,1-3H3,(H2,36,38)(H2,37,39)(H,40,41,43)/t19-,26-/m0/s1. The van der Waals surface area contributed by atoms with Gasteiger partial charge >= 0.3 is 5.69 Å². The van der Waals surface area contributed by atoms with E-state index >= 15 is 4.39 Å². The maximum Gasteiger partial charge on any atom is 0.354 e. The smallest absolute Gasteiger partial charge is 0.354 e. The van der Waals surface area contributed by atoms with E-state index in [0.29, 0.717) is 65.8 Å². The van der Waals surface area contributed by atoms with Crippen LogP contribution in [0.4, 0.5) is 4.39 Å². The van der Waals surface area contributed by atoms with Crippen molar-refractivity contribution < 1.29 is 9.13 Å². The number of aromatic nitrogens is 3. The van der Waals surface area contributed by atoms with Crippen LogP contribution in [-0.4, -0.2) is 51.4 Å². The normalized spacial score (nSPS) is 12.7. The molecule has 0 unspecified atom stereocenters. The number of rotatable bonds is 14. The first kappa shape index (κ1) is 32.8. The topological polar surface area (TPSA) is 158 Å². The number of hydrogen-bond donors (Lipinski definition) is 6. The van der Waals surface area contributed by atoms with Crippen LogP contribution in [0.2, 0.25) is 5.02 Å². The number of nitrogens with one attached hydrogen (secondary N) is 5. The summed E-state index contributed by atoms with van der Waals surface area (Å²) in [5.74, 6) is 0.221. The highest BCUT2D eigenvalue weighted by Crippen LogP contribution is 2.31. The van der Waals surface area contributed by atoms with Gasteiger partial charge < -0.3 is 26.1 Å². The monoisotopic (exact) mass is 622 g/mol. The summed E-state index contributed by atoms with van der Waals surface area (Å²) < 4.78 is 22.6. The molecule has 2 aromatic carbocycles. The van der Waals surface area contributed by atoms with Crippen molar-refractivity contribution in [3.63, 3.8) is 0 Å². The van der Waals surface area contributed by atoms with Crippen LogP contribution < -0.4 is 22.1 Å². The molecule has 0 saturated heterocycles. The zero-order valence-electron chi connectivity index (χ0n) is 25.3. The number of benzene rings is 2. The van der Waals surface area contributed by atoms with Crippen molar-refractivity contribution in [2.45, 2.75) is 65.2 Å². The molecule has 0 aliphatic rings. The molecule has 2 aromatic heterocycles. The van der Waals surface area contributed by atoms with Crippen molar-refractivity contribution in [2.75, 3.05) is 13.1 Å². The van der Waals surface area contributed by atoms with Gasteiger partial charge in [0.1, 0.15) is 5.65 Å². The summed E-state index contributed by atoms with van der Waals surface area (Å²) in [4.78, 5) is 20.3. The second-order valence-electron chi connectivity index (χ2n) is 11.1. The zero-order chi connectivity index (χ0) is 31.8. The highest BCUT2D eigenvalue weighted by Gasteiger charge is 2.16. The highest BCUT2D eigenvalue weighted by molar-refractivity contribution is 6.31. The summed E-state index contributed by atoms with van der Waals surface area (Å²) in [6.07, 6.45) is 4.64. The van der Waals surface area contributed by atoms with Gasteiger partial charge in [-0.15, -0.1) is 0 Å². The molecule has 0 aliphatic carbocycles. The summed E-state index contributed by atoms with van der Waals surface area (Å²) in [7, 11) is 0. The number of aromatic amines is 1. The van der Waals surface area contributed by atoms with Gasteiger partial charge in [0.15, 0.2) is 5.82 Å². The first-order chi connectivity index (χ1) is 21.0. The van der Waals surface area contributed by atoms with Gasteiger partial charge in [0.05, 0.1) is 40.8 Å². The van der Waals surface area contributed by atoms with Crippen LogP contribution in [0.3, 0.4) is 0 Å². The lowest BCUT2D eigenvalue weighted by molar-refractivity contribution is 0.0389. The molecule has 2 heterocycles. The number of halogens is 2. The van der Waals surface area contributed by atoms with E-state index in [2.05, 4.69) is 20.6 Å². The van der Waals surface area contributed by atoms with Gasteiger partial charge in [0.25, 0.3) is 0 Å². The molecular formula is C32H40ClFN8O2. The lowest BCUT2D eigenvalue weighted by atomic mass is 10.0. The van der Waals surface area contributed by atoms with Gasteiger partial charge in [-0.2, -0.15) is 4.98 Å². The predicted octanol–water partition coefficient (Wildman–Crippen LogP) is 5.29. The fraction of sp³-hybridized carbons (Fsp3) is 0.375. The first-order valence-electron chi connectivity index (χ1n) is 14.7. The van der Waals surface area contributed by atoms with Crippen LogP contribution in [0, 0.1) is 16.6 Å². The van der Waals surface area contributed by atoms with E-state index in [4.69, 9.17) is 32.9 Å². The van der Waals surface area contributed by atoms with E-state index in [1.54, 1.807) is 38.2 Å². The third-order valence-electron chi connectivity index (χ3n) is 7.16. The van der Waals surface area contributed by atoms with Gasteiger partial charge in [-0.05, 0) is 87.9 Å². The molecular weight excluding hydrogens is 583 g/mol. The van der Waals surface area contributed by atoms with Crippen LogP contribution >= 0.6 is 11.6 Å². The summed E-state index contributed by atoms with van der Waals surface area (Å²) in [6, 6.07) is 12.7. The number of hydrogen-bond acceptors (Lipinski definition) is 6. The Bertz CT molecular complexity index is 1670. The molecule has 0 fully saturated rings. The molecule has 7 N–H and O–H groups in total. The van der Waals surface area contributed by atoms with E-state index in [9.17, 15) is 4.79 Å². The predicted molar refractivity (Wildman–Crippen MR) is 175 cm³/mol. The van der Waals surface area contributed by atoms with Crippen LogP contribution in [0.1, 0.15) is 51.2 Å². The summed E-state index contributed by atoms with van der Waals surface area (Å²) >= 11 is 6.24. The molecule has 4 rings (SSSR count). The molecule has 44 heavy (non-hydrogen) atoms. The Morgan fingerprint density at radius 3 is 2.52 bits per heavy atom. The molecule has 0 saturated carbocycles. The summed E-state index contributed by atoms with van der Waals surface area (Å²) in [5.41, 5.74) is 9.02. The number of fused-ring (bicyclic) bond motifs is 1. The number of H-pyrrole nitrogens is 1. The van der Waals surface area contributed by atoms with Gasteiger partial charge in [-0.3, -0.25) is 15.4 Å². The van der Waals surface area contributed by atoms with Crippen LogP contribution in [-0.2, 0) is 17.8 Å². The molecule has 2 atom stereocenters. The lowest BCUT2D eigenvalue weighted by Crippen LogP contribution is -2.34. The van der Waals surface area contributed by atoms with Crippen molar-refractivity contribution in [2.24, 2.45) is 5.73 Å². The third kappa shape index (κ3) is 8.98. The fourth-order valence-corrected chi connectivity index (χ4v) is 5.08. The molecule has 0 radical (unpaired) electrons. The SMILES string of the molecule is CC(=N)NCC[C@@H](CNC(C)=N)OCc1ccc(-n2cc3cc(-c4cc(CCC[C@H](C)N)cc(Cl)c4F)[nH]c3nc2=O)cc1. The van der Waals surface area contributed by atoms with Gasteiger partial charge in [0, 0.05) is 36.3 Å². The Labute approximate surface area is 261 Å². The summed E-state index contributed by atoms with van der Waals surface area (Å²) in [5, 5.41) is 21.8. The summed E-state index contributed by atoms with van der Waals surface area (Å²) in [6.45, 7) is 6.75. The molecule has 234 valence electrons. The quantitative estimate of drug-likeness (QED) is 0.0828. The molecule has 0 bridgehead atoms. The largest absolute Gasteiger partial charge is 0.374 e. The minimum absolute atomic E-state index is 0.0408. The Morgan fingerprint density at radius 1 is 1.11 bits per heavy atom. The molecule has 0 aliphatic heterocycles. The number of nitrogens with zero attached hydrogens (tertiary/aromatic N) is 2. The Balaban J connectivity index is 1.50. The number of ether oxygens (including phenoxy) is 1. The zero-order valence-corrected chi connectivity index (χ0v) is 26.0. The van der Waals surface area contributed by atoms with Crippen LogP contribution in [0.5, 0.6) is 0 Å². The minimum atomic E-state index is -0.533. The average Bonchev–Trinajstić information content (AvgIpc) is 3.38. The van der Waals surface area contributed by atoms with E-state index in [1.165, 1.54) is 4.57 Å². The number of aryl methyl sites for hydroxylation is 1. The molecule has 10 nitrogen and oxygen atoms in total. The van der Waals surface area contributed by atoms with E-state index < -0.39 is 11.5 Å². The Hall–Kier alpha value is -4.06. The highest BCUT2D eigenvalue weighted by atomic mass is 35.5. The first-order valence-corrected chi connectivity index (χ1v) is 15.0. The second kappa shape index (κ2) is 15.1. The molecule has 0 spiro atoms. The maximum atomic E-state index is 15.1. The average molecular weight is 623 g/mol. The third-order valence-corrected chi connectivity index (χ3v) is 7.44. The second-order valence-corrected chi connectivity index (χ2v) is 11.5. The Kier molecular flexibility index (Phi) is 11.3. The van der Waals surface area contributed by atoms with Crippen molar-refractivity contribution in [3.8, 4) is 16.9 Å². The molecule has 0 amide bonds.